The van der Waals surface area contributed by atoms with Gasteiger partial charge in [0, 0.05) is 18.6 Å². The number of hydrogen-bond acceptors (Lipinski definition) is 3. The summed E-state index contributed by atoms with van der Waals surface area (Å²) in [5.74, 6) is -0.0631. The van der Waals surface area contributed by atoms with Crippen molar-refractivity contribution < 1.29 is 4.79 Å². The van der Waals surface area contributed by atoms with E-state index in [-0.39, 0.29) is 5.69 Å². The van der Waals surface area contributed by atoms with Crippen molar-refractivity contribution in [1.82, 2.24) is 14.4 Å². The monoisotopic (exact) mass is 162 g/mol. The van der Waals surface area contributed by atoms with E-state index in [1.54, 1.807) is 29.1 Å². The molecule has 0 bridgehead atoms. The summed E-state index contributed by atoms with van der Waals surface area (Å²) in [5, 5.41) is 0. The largest absolute Gasteiger partial charge is 0.364 e. The van der Waals surface area contributed by atoms with Crippen LogP contribution in [0.25, 0.3) is 5.78 Å². The van der Waals surface area contributed by atoms with E-state index in [1.165, 1.54) is 0 Å². The van der Waals surface area contributed by atoms with Gasteiger partial charge >= 0.3 is 0 Å². The third-order valence-corrected chi connectivity index (χ3v) is 1.49. The molecule has 60 valence electrons. The number of carbonyl (C=O) groups is 1. The number of hydrogen-bond donors (Lipinski definition) is 1. The SMILES string of the molecule is NC(=O)c1cn2cccnc2n1. The minimum atomic E-state index is -0.541. The van der Waals surface area contributed by atoms with Gasteiger partial charge < -0.3 is 5.73 Å². The van der Waals surface area contributed by atoms with Gasteiger partial charge in [0.05, 0.1) is 0 Å². The van der Waals surface area contributed by atoms with Gasteiger partial charge in [0.1, 0.15) is 5.69 Å². The van der Waals surface area contributed by atoms with Crippen LogP contribution in [0.3, 0.4) is 0 Å². The topological polar surface area (TPSA) is 73.3 Å². The number of primary amides is 1. The number of rotatable bonds is 1. The van der Waals surface area contributed by atoms with Gasteiger partial charge in [-0.2, -0.15) is 0 Å². The van der Waals surface area contributed by atoms with Gasteiger partial charge in [-0.25, -0.2) is 9.97 Å². The molecule has 0 atom stereocenters. The smallest absolute Gasteiger partial charge is 0.268 e. The van der Waals surface area contributed by atoms with E-state index in [2.05, 4.69) is 9.97 Å². The number of carbonyl (C=O) groups excluding carboxylic acids is 1. The number of aromatic nitrogens is 3. The first-order valence-electron chi connectivity index (χ1n) is 3.37. The van der Waals surface area contributed by atoms with Crippen LogP contribution in [0.4, 0.5) is 0 Å². The Labute approximate surface area is 67.9 Å². The molecule has 5 nitrogen and oxygen atoms in total. The molecule has 0 radical (unpaired) electrons. The molecule has 2 N–H and O–H groups in total. The quantitative estimate of drug-likeness (QED) is 0.632. The molecule has 0 fully saturated rings. The lowest BCUT2D eigenvalue weighted by Gasteiger charge is -1.85. The van der Waals surface area contributed by atoms with Crippen molar-refractivity contribution in [3.8, 4) is 0 Å². The lowest BCUT2D eigenvalue weighted by Crippen LogP contribution is -2.10. The van der Waals surface area contributed by atoms with E-state index in [1.807, 2.05) is 0 Å². The van der Waals surface area contributed by atoms with Gasteiger partial charge in [-0.3, -0.25) is 9.20 Å². The second-order valence-corrected chi connectivity index (χ2v) is 2.32. The van der Waals surface area contributed by atoms with Crippen LogP contribution in [0, 0.1) is 0 Å². The molecule has 0 aliphatic carbocycles. The van der Waals surface area contributed by atoms with Gasteiger partial charge in [-0.15, -0.1) is 0 Å². The van der Waals surface area contributed by atoms with Gasteiger partial charge in [0.15, 0.2) is 0 Å². The second kappa shape index (κ2) is 2.30. The summed E-state index contributed by atoms with van der Waals surface area (Å²) in [6, 6.07) is 1.75. The summed E-state index contributed by atoms with van der Waals surface area (Å²) in [4.78, 5) is 18.5. The molecule has 0 unspecified atom stereocenters. The first kappa shape index (κ1) is 6.78. The summed E-state index contributed by atoms with van der Waals surface area (Å²) in [6.07, 6.45) is 4.90. The number of nitrogens with zero attached hydrogens (tertiary/aromatic N) is 3. The molecule has 12 heavy (non-hydrogen) atoms. The molecule has 0 saturated heterocycles. The molecule has 0 aliphatic rings. The third kappa shape index (κ3) is 0.914. The number of fused-ring (bicyclic) bond motifs is 1. The molecule has 0 aliphatic heterocycles. The first-order valence-corrected chi connectivity index (χ1v) is 3.37. The van der Waals surface area contributed by atoms with E-state index < -0.39 is 5.91 Å². The molecule has 5 heteroatoms. The molecule has 2 aromatic heterocycles. The highest BCUT2D eigenvalue weighted by Crippen LogP contribution is 1.99. The minimum absolute atomic E-state index is 0.230. The van der Waals surface area contributed by atoms with Crippen molar-refractivity contribution in [3.05, 3.63) is 30.4 Å². The van der Waals surface area contributed by atoms with Crippen molar-refractivity contribution in [2.45, 2.75) is 0 Å². The highest BCUT2D eigenvalue weighted by Gasteiger charge is 2.05. The van der Waals surface area contributed by atoms with E-state index in [9.17, 15) is 4.79 Å². The molecule has 2 aromatic rings. The van der Waals surface area contributed by atoms with Gasteiger partial charge in [-0.1, -0.05) is 0 Å². The van der Waals surface area contributed by atoms with Crippen LogP contribution in [0.2, 0.25) is 0 Å². The second-order valence-electron chi connectivity index (χ2n) is 2.32. The standard InChI is InChI=1S/C7H6N4O/c8-6(12)5-4-11-3-1-2-9-7(11)10-5/h1-4H,(H2,8,12). The molecule has 0 saturated carbocycles. The van der Waals surface area contributed by atoms with Crippen LogP contribution in [-0.4, -0.2) is 20.3 Å². The average molecular weight is 162 g/mol. The summed E-state index contributed by atoms with van der Waals surface area (Å²) in [6.45, 7) is 0. The zero-order valence-corrected chi connectivity index (χ0v) is 6.14. The Balaban J connectivity index is 2.70. The number of nitrogens with two attached hydrogens (primary N) is 1. The predicted molar refractivity (Wildman–Crippen MR) is 41.5 cm³/mol. The molecule has 1 amide bonds. The van der Waals surface area contributed by atoms with Gasteiger partial charge in [-0.05, 0) is 6.07 Å². The van der Waals surface area contributed by atoms with Crippen LogP contribution >= 0.6 is 0 Å². The fourth-order valence-corrected chi connectivity index (χ4v) is 0.949. The Hall–Kier alpha value is -1.91. The third-order valence-electron chi connectivity index (χ3n) is 1.49. The predicted octanol–water partition coefficient (Wildman–Crippen LogP) is -0.172. The zero-order chi connectivity index (χ0) is 8.55. The van der Waals surface area contributed by atoms with Gasteiger partial charge in [0.25, 0.3) is 5.91 Å². The maximum atomic E-state index is 10.7. The molecule has 2 heterocycles. The van der Waals surface area contributed by atoms with Crippen LogP contribution in [0.15, 0.2) is 24.7 Å². The normalized spacial score (nSPS) is 10.3. The molecular formula is C7H6N4O. The van der Waals surface area contributed by atoms with Gasteiger partial charge in [0.2, 0.25) is 5.78 Å². The number of amides is 1. The van der Waals surface area contributed by atoms with Crippen LogP contribution in [-0.2, 0) is 0 Å². The highest BCUT2D eigenvalue weighted by molar-refractivity contribution is 5.91. The lowest BCUT2D eigenvalue weighted by molar-refractivity contribution is 0.0996. The van der Waals surface area contributed by atoms with Crippen molar-refractivity contribution in [1.29, 1.82) is 0 Å². The fourth-order valence-electron chi connectivity index (χ4n) is 0.949. The molecule has 2 rings (SSSR count). The Morgan fingerprint density at radius 3 is 3.08 bits per heavy atom. The average Bonchev–Trinajstić information content (AvgIpc) is 2.46. The summed E-state index contributed by atoms with van der Waals surface area (Å²) in [5.41, 5.74) is 5.27. The van der Waals surface area contributed by atoms with Crippen LogP contribution in [0.1, 0.15) is 10.5 Å². The van der Waals surface area contributed by atoms with E-state index in [4.69, 9.17) is 5.73 Å². The summed E-state index contributed by atoms with van der Waals surface area (Å²) < 4.78 is 1.64. The Kier molecular flexibility index (Phi) is 1.30. The maximum absolute atomic E-state index is 10.7. The van der Waals surface area contributed by atoms with Crippen LogP contribution in [0.5, 0.6) is 0 Å². The molecule has 0 spiro atoms. The molecule has 0 aromatic carbocycles. The van der Waals surface area contributed by atoms with E-state index in [0.717, 1.165) is 0 Å². The Morgan fingerprint density at radius 2 is 2.42 bits per heavy atom. The maximum Gasteiger partial charge on any atom is 0.268 e. The molecular weight excluding hydrogens is 156 g/mol. The van der Waals surface area contributed by atoms with Crippen molar-refractivity contribution in [2.24, 2.45) is 5.73 Å². The van der Waals surface area contributed by atoms with Crippen LogP contribution < -0.4 is 5.73 Å². The Bertz CT molecular complexity index is 401. The summed E-state index contributed by atoms with van der Waals surface area (Å²) in [7, 11) is 0. The van der Waals surface area contributed by atoms with E-state index >= 15 is 0 Å². The van der Waals surface area contributed by atoms with Crippen molar-refractivity contribution in [2.75, 3.05) is 0 Å². The Morgan fingerprint density at radius 1 is 1.58 bits per heavy atom. The zero-order valence-electron chi connectivity index (χ0n) is 6.14. The summed E-state index contributed by atoms with van der Waals surface area (Å²) >= 11 is 0. The van der Waals surface area contributed by atoms with E-state index in [0.29, 0.717) is 5.78 Å². The van der Waals surface area contributed by atoms with Crippen molar-refractivity contribution >= 4 is 11.7 Å². The first-order chi connectivity index (χ1) is 5.77. The number of imidazole rings is 1. The lowest BCUT2D eigenvalue weighted by atomic mass is 10.5. The minimum Gasteiger partial charge on any atom is -0.364 e. The van der Waals surface area contributed by atoms with Crippen molar-refractivity contribution in [3.63, 3.8) is 0 Å². The fraction of sp³-hybridized carbons (Fsp3) is 0. The highest BCUT2D eigenvalue weighted by atomic mass is 16.1.